The van der Waals surface area contributed by atoms with E-state index in [4.69, 9.17) is 0 Å². The Balaban J connectivity index is 1.88. The number of aryl methyl sites for hydroxylation is 1. The summed E-state index contributed by atoms with van der Waals surface area (Å²) in [6.45, 7) is 3.20. The maximum absolute atomic E-state index is 4.63. The molecule has 0 amide bonds. The SMILES string of the molecule is CNc1nc(C)cc(N2CCC3CCCCC32)n1. The van der Waals surface area contributed by atoms with Gasteiger partial charge in [0.2, 0.25) is 5.95 Å². The highest BCUT2D eigenvalue weighted by molar-refractivity contribution is 5.46. The van der Waals surface area contributed by atoms with Gasteiger partial charge in [-0.25, -0.2) is 4.98 Å². The van der Waals surface area contributed by atoms with Gasteiger partial charge >= 0.3 is 0 Å². The first-order chi connectivity index (χ1) is 8.78. The summed E-state index contributed by atoms with van der Waals surface area (Å²) < 4.78 is 0. The fourth-order valence-corrected chi connectivity index (χ4v) is 3.50. The summed E-state index contributed by atoms with van der Waals surface area (Å²) in [5.41, 5.74) is 1.05. The van der Waals surface area contributed by atoms with Crippen molar-refractivity contribution in [2.75, 3.05) is 23.8 Å². The quantitative estimate of drug-likeness (QED) is 0.871. The van der Waals surface area contributed by atoms with Crippen LogP contribution in [0.1, 0.15) is 37.8 Å². The highest BCUT2D eigenvalue weighted by Crippen LogP contribution is 2.38. The van der Waals surface area contributed by atoms with Crippen LogP contribution in [-0.2, 0) is 0 Å². The molecule has 0 spiro atoms. The number of nitrogens with zero attached hydrogens (tertiary/aromatic N) is 3. The van der Waals surface area contributed by atoms with E-state index in [0.717, 1.165) is 36.0 Å². The van der Waals surface area contributed by atoms with Gasteiger partial charge in [-0.2, -0.15) is 4.98 Å². The second kappa shape index (κ2) is 4.75. The van der Waals surface area contributed by atoms with Crippen LogP contribution >= 0.6 is 0 Å². The van der Waals surface area contributed by atoms with E-state index in [1.54, 1.807) is 0 Å². The molecule has 4 nitrogen and oxygen atoms in total. The molecule has 1 saturated heterocycles. The highest BCUT2D eigenvalue weighted by atomic mass is 15.3. The average molecular weight is 246 g/mol. The Morgan fingerprint density at radius 1 is 1.22 bits per heavy atom. The lowest BCUT2D eigenvalue weighted by molar-refractivity contribution is 0.341. The summed E-state index contributed by atoms with van der Waals surface area (Å²) in [6.07, 6.45) is 6.87. The molecule has 0 radical (unpaired) electrons. The molecule has 1 aliphatic heterocycles. The van der Waals surface area contributed by atoms with Crippen molar-refractivity contribution in [2.45, 2.75) is 45.1 Å². The van der Waals surface area contributed by atoms with E-state index >= 15 is 0 Å². The largest absolute Gasteiger partial charge is 0.357 e. The molecular weight excluding hydrogens is 224 g/mol. The van der Waals surface area contributed by atoms with Crippen LogP contribution in [0.3, 0.4) is 0 Å². The molecule has 1 N–H and O–H groups in total. The first-order valence-corrected chi connectivity index (χ1v) is 7.08. The number of anilines is 2. The molecule has 1 aromatic rings. The highest BCUT2D eigenvalue weighted by Gasteiger charge is 2.36. The third-order valence-electron chi connectivity index (χ3n) is 4.37. The van der Waals surface area contributed by atoms with Crippen LogP contribution in [-0.4, -0.2) is 29.6 Å². The van der Waals surface area contributed by atoms with Crippen LogP contribution in [0.2, 0.25) is 0 Å². The number of fused-ring (bicyclic) bond motifs is 1. The second-order valence-electron chi connectivity index (χ2n) is 5.54. The Morgan fingerprint density at radius 2 is 2.06 bits per heavy atom. The van der Waals surface area contributed by atoms with Crippen LogP contribution in [0.4, 0.5) is 11.8 Å². The van der Waals surface area contributed by atoms with Gasteiger partial charge in [-0.15, -0.1) is 0 Å². The van der Waals surface area contributed by atoms with Crippen molar-refractivity contribution in [1.29, 1.82) is 0 Å². The molecule has 0 bridgehead atoms. The molecule has 0 aromatic carbocycles. The van der Waals surface area contributed by atoms with Gasteiger partial charge in [-0.05, 0) is 32.1 Å². The normalized spacial score (nSPS) is 27.1. The number of hydrogen-bond donors (Lipinski definition) is 1. The minimum atomic E-state index is 0.720. The van der Waals surface area contributed by atoms with Gasteiger partial charge in [0.05, 0.1) is 0 Å². The molecule has 1 aliphatic carbocycles. The van der Waals surface area contributed by atoms with Crippen molar-refractivity contribution in [3.05, 3.63) is 11.8 Å². The summed E-state index contributed by atoms with van der Waals surface area (Å²) in [4.78, 5) is 11.5. The topological polar surface area (TPSA) is 41.1 Å². The molecule has 98 valence electrons. The smallest absolute Gasteiger partial charge is 0.224 e. The van der Waals surface area contributed by atoms with Crippen LogP contribution in [0.15, 0.2) is 6.07 Å². The van der Waals surface area contributed by atoms with E-state index in [1.807, 2.05) is 14.0 Å². The van der Waals surface area contributed by atoms with E-state index in [2.05, 4.69) is 26.3 Å². The van der Waals surface area contributed by atoms with Gasteiger partial charge in [0.15, 0.2) is 0 Å². The van der Waals surface area contributed by atoms with Crippen LogP contribution in [0.5, 0.6) is 0 Å². The van der Waals surface area contributed by atoms with E-state index in [0.29, 0.717) is 0 Å². The van der Waals surface area contributed by atoms with Gasteiger partial charge < -0.3 is 10.2 Å². The standard InChI is InChI=1S/C14H22N4/c1-10-9-13(17-14(15-2)16-10)18-8-7-11-5-3-4-6-12(11)18/h9,11-12H,3-8H2,1-2H3,(H,15,16,17). The van der Waals surface area contributed by atoms with Crippen molar-refractivity contribution in [1.82, 2.24) is 9.97 Å². The Morgan fingerprint density at radius 3 is 2.89 bits per heavy atom. The third kappa shape index (κ3) is 2.04. The van der Waals surface area contributed by atoms with Gasteiger partial charge in [-0.3, -0.25) is 0 Å². The number of nitrogens with one attached hydrogen (secondary N) is 1. The Kier molecular flexibility index (Phi) is 3.10. The summed E-state index contributed by atoms with van der Waals surface area (Å²) >= 11 is 0. The number of hydrogen-bond acceptors (Lipinski definition) is 4. The van der Waals surface area contributed by atoms with E-state index < -0.39 is 0 Å². The van der Waals surface area contributed by atoms with Crippen molar-refractivity contribution in [2.24, 2.45) is 5.92 Å². The first kappa shape index (κ1) is 11.8. The molecule has 2 heterocycles. The summed E-state index contributed by atoms with van der Waals surface area (Å²) in [5.74, 6) is 2.75. The van der Waals surface area contributed by atoms with Gasteiger partial charge in [0, 0.05) is 31.4 Å². The lowest BCUT2D eigenvalue weighted by atomic mass is 9.85. The van der Waals surface area contributed by atoms with Crippen LogP contribution in [0, 0.1) is 12.8 Å². The maximum atomic E-state index is 4.63. The molecule has 2 fully saturated rings. The maximum Gasteiger partial charge on any atom is 0.224 e. The molecule has 3 rings (SSSR count). The van der Waals surface area contributed by atoms with Gasteiger partial charge in [0.25, 0.3) is 0 Å². The Bertz CT molecular complexity index is 432. The zero-order valence-corrected chi connectivity index (χ0v) is 11.3. The minimum absolute atomic E-state index is 0.720. The molecule has 2 unspecified atom stereocenters. The van der Waals surface area contributed by atoms with E-state index in [1.165, 1.54) is 32.1 Å². The molecule has 2 atom stereocenters. The average Bonchev–Trinajstić information content (AvgIpc) is 2.81. The molecule has 1 saturated carbocycles. The molecule has 2 aliphatic rings. The van der Waals surface area contributed by atoms with E-state index in [-0.39, 0.29) is 0 Å². The molecule has 4 heteroatoms. The van der Waals surface area contributed by atoms with Crippen molar-refractivity contribution < 1.29 is 0 Å². The van der Waals surface area contributed by atoms with Crippen LogP contribution in [0.25, 0.3) is 0 Å². The Labute approximate surface area is 109 Å². The van der Waals surface area contributed by atoms with Crippen molar-refractivity contribution >= 4 is 11.8 Å². The number of rotatable bonds is 2. The second-order valence-corrected chi connectivity index (χ2v) is 5.54. The summed E-state index contributed by atoms with van der Waals surface area (Å²) in [7, 11) is 1.88. The van der Waals surface area contributed by atoms with E-state index in [9.17, 15) is 0 Å². The van der Waals surface area contributed by atoms with Crippen LogP contribution < -0.4 is 10.2 Å². The monoisotopic (exact) mass is 246 g/mol. The minimum Gasteiger partial charge on any atom is -0.357 e. The van der Waals surface area contributed by atoms with Gasteiger partial charge in [-0.1, -0.05) is 12.8 Å². The summed E-state index contributed by atoms with van der Waals surface area (Å²) in [5, 5.41) is 3.05. The van der Waals surface area contributed by atoms with Gasteiger partial charge in [0.1, 0.15) is 5.82 Å². The summed E-state index contributed by atoms with van der Waals surface area (Å²) in [6, 6.07) is 2.84. The van der Waals surface area contributed by atoms with Crippen molar-refractivity contribution in [3.8, 4) is 0 Å². The zero-order valence-electron chi connectivity index (χ0n) is 11.3. The fourth-order valence-electron chi connectivity index (χ4n) is 3.50. The lowest BCUT2D eigenvalue weighted by Crippen LogP contribution is -2.35. The fraction of sp³-hybridized carbons (Fsp3) is 0.714. The predicted octanol–water partition coefficient (Wildman–Crippen LogP) is 2.60. The Hall–Kier alpha value is -1.32. The third-order valence-corrected chi connectivity index (χ3v) is 4.37. The molecular formula is C14H22N4. The zero-order chi connectivity index (χ0) is 12.5. The first-order valence-electron chi connectivity index (χ1n) is 7.08. The molecule has 18 heavy (non-hydrogen) atoms. The lowest BCUT2D eigenvalue weighted by Gasteiger charge is -2.32. The molecule has 1 aromatic heterocycles. The number of aromatic nitrogens is 2. The van der Waals surface area contributed by atoms with Crippen molar-refractivity contribution in [3.63, 3.8) is 0 Å². The predicted molar refractivity (Wildman–Crippen MR) is 74.0 cm³/mol.